The SMILES string of the molecule is CC(C)N(Cc1ccccc1)C(=O)c1cnc(Nc2cccc(Cl)c2)nc1. The number of hydrogen-bond acceptors (Lipinski definition) is 4. The van der Waals surface area contributed by atoms with E-state index in [0.717, 1.165) is 11.3 Å². The average molecular weight is 381 g/mol. The summed E-state index contributed by atoms with van der Waals surface area (Å²) < 4.78 is 0. The molecule has 1 heterocycles. The van der Waals surface area contributed by atoms with Crippen LogP contribution in [0.25, 0.3) is 0 Å². The quantitative estimate of drug-likeness (QED) is 0.659. The van der Waals surface area contributed by atoms with Crippen LogP contribution in [0, 0.1) is 0 Å². The molecule has 1 N–H and O–H groups in total. The highest BCUT2D eigenvalue weighted by atomic mass is 35.5. The number of hydrogen-bond donors (Lipinski definition) is 1. The zero-order valence-electron chi connectivity index (χ0n) is 15.3. The van der Waals surface area contributed by atoms with Crippen molar-refractivity contribution in [3.05, 3.63) is 83.1 Å². The maximum Gasteiger partial charge on any atom is 0.257 e. The molecule has 2 aromatic carbocycles. The second-order valence-corrected chi connectivity index (χ2v) is 6.88. The van der Waals surface area contributed by atoms with E-state index in [2.05, 4.69) is 15.3 Å². The van der Waals surface area contributed by atoms with Gasteiger partial charge in [-0.25, -0.2) is 9.97 Å². The standard InChI is InChI=1S/C21H21ClN4O/c1-15(2)26(14-16-7-4-3-5-8-16)20(27)17-12-23-21(24-13-17)25-19-10-6-9-18(22)11-19/h3-13,15H,14H2,1-2H3,(H,23,24,25). The number of aromatic nitrogens is 2. The lowest BCUT2D eigenvalue weighted by Gasteiger charge is -2.26. The summed E-state index contributed by atoms with van der Waals surface area (Å²) in [7, 11) is 0. The van der Waals surface area contributed by atoms with Gasteiger partial charge in [0.2, 0.25) is 5.95 Å². The van der Waals surface area contributed by atoms with Gasteiger partial charge in [-0.2, -0.15) is 0 Å². The third kappa shape index (κ3) is 5.05. The van der Waals surface area contributed by atoms with E-state index in [4.69, 9.17) is 11.6 Å². The predicted octanol–water partition coefficient (Wildman–Crippen LogP) is 4.92. The van der Waals surface area contributed by atoms with E-state index in [1.165, 1.54) is 0 Å². The largest absolute Gasteiger partial charge is 0.332 e. The molecule has 0 fully saturated rings. The van der Waals surface area contributed by atoms with E-state index in [1.54, 1.807) is 29.4 Å². The van der Waals surface area contributed by atoms with Crippen molar-refractivity contribution in [3.63, 3.8) is 0 Å². The summed E-state index contributed by atoms with van der Waals surface area (Å²) in [6.45, 7) is 4.54. The number of anilines is 2. The van der Waals surface area contributed by atoms with Gasteiger partial charge in [0, 0.05) is 35.7 Å². The van der Waals surface area contributed by atoms with Crippen molar-refractivity contribution in [1.29, 1.82) is 0 Å². The second-order valence-electron chi connectivity index (χ2n) is 6.44. The average Bonchev–Trinajstić information content (AvgIpc) is 2.67. The van der Waals surface area contributed by atoms with Crippen molar-refractivity contribution < 1.29 is 4.79 Å². The molecule has 0 saturated heterocycles. The Hall–Kier alpha value is -2.92. The molecule has 0 saturated carbocycles. The van der Waals surface area contributed by atoms with Crippen molar-refractivity contribution in [2.45, 2.75) is 26.4 Å². The first-order chi connectivity index (χ1) is 13.0. The molecule has 3 aromatic rings. The molecule has 138 valence electrons. The van der Waals surface area contributed by atoms with Gasteiger partial charge in [0.15, 0.2) is 0 Å². The van der Waals surface area contributed by atoms with E-state index in [1.807, 2.05) is 56.3 Å². The molecule has 0 spiro atoms. The number of benzene rings is 2. The van der Waals surface area contributed by atoms with Crippen molar-refractivity contribution in [1.82, 2.24) is 14.9 Å². The minimum Gasteiger partial charge on any atom is -0.332 e. The van der Waals surface area contributed by atoms with Crippen molar-refractivity contribution >= 4 is 29.1 Å². The van der Waals surface area contributed by atoms with Gasteiger partial charge in [0.05, 0.1) is 5.56 Å². The lowest BCUT2D eigenvalue weighted by atomic mass is 10.1. The van der Waals surface area contributed by atoms with Crippen molar-refractivity contribution in [2.24, 2.45) is 0 Å². The summed E-state index contributed by atoms with van der Waals surface area (Å²) in [4.78, 5) is 23.2. The van der Waals surface area contributed by atoms with E-state index in [0.29, 0.717) is 23.1 Å². The lowest BCUT2D eigenvalue weighted by molar-refractivity contribution is 0.0689. The van der Waals surface area contributed by atoms with Crippen LogP contribution >= 0.6 is 11.6 Å². The molecule has 27 heavy (non-hydrogen) atoms. The highest BCUT2D eigenvalue weighted by Gasteiger charge is 2.20. The third-order valence-corrected chi connectivity index (χ3v) is 4.29. The number of carbonyl (C=O) groups excluding carboxylic acids is 1. The summed E-state index contributed by atoms with van der Waals surface area (Å²) in [6.07, 6.45) is 3.09. The molecular formula is C21H21ClN4O. The normalized spacial score (nSPS) is 10.7. The minimum atomic E-state index is -0.0943. The Morgan fingerprint density at radius 1 is 1.07 bits per heavy atom. The molecule has 5 nitrogen and oxygen atoms in total. The summed E-state index contributed by atoms with van der Waals surface area (Å²) in [5, 5.41) is 3.70. The van der Waals surface area contributed by atoms with E-state index in [-0.39, 0.29) is 11.9 Å². The molecule has 3 rings (SSSR count). The molecular weight excluding hydrogens is 360 g/mol. The molecule has 0 atom stereocenters. The molecule has 0 radical (unpaired) electrons. The number of carbonyl (C=O) groups is 1. The first-order valence-corrected chi connectivity index (χ1v) is 9.10. The topological polar surface area (TPSA) is 58.1 Å². The van der Waals surface area contributed by atoms with Gasteiger partial charge in [-0.1, -0.05) is 48.0 Å². The molecule has 1 amide bonds. The fourth-order valence-corrected chi connectivity index (χ4v) is 2.82. The number of rotatable bonds is 6. The summed E-state index contributed by atoms with van der Waals surface area (Å²) in [6, 6.07) is 17.3. The Kier molecular flexibility index (Phi) is 6.04. The maximum atomic E-state index is 12.9. The molecule has 0 aliphatic rings. The summed E-state index contributed by atoms with van der Waals surface area (Å²) in [5.74, 6) is 0.316. The molecule has 0 bridgehead atoms. The zero-order chi connectivity index (χ0) is 19.2. The number of halogens is 1. The van der Waals surface area contributed by atoms with Crippen molar-refractivity contribution in [2.75, 3.05) is 5.32 Å². The highest BCUT2D eigenvalue weighted by Crippen LogP contribution is 2.18. The summed E-state index contributed by atoms with van der Waals surface area (Å²) in [5.41, 5.74) is 2.32. The monoisotopic (exact) mass is 380 g/mol. The van der Waals surface area contributed by atoms with E-state index >= 15 is 0 Å². The number of amides is 1. The van der Waals surface area contributed by atoms with Gasteiger partial charge in [-0.3, -0.25) is 4.79 Å². The third-order valence-electron chi connectivity index (χ3n) is 4.06. The Morgan fingerprint density at radius 3 is 2.41 bits per heavy atom. The Morgan fingerprint density at radius 2 is 1.78 bits per heavy atom. The van der Waals surface area contributed by atoms with E-state index < -0.39 is 0 Å². The van der Waals surface area contributed by atoms with Gasteiger partial charge < -0.3 is 10.2 Å². The Balaban J connectivity index is 1.73. The predicted molar refractivity (Wildman–Crippen MR) is 108 cm³/mol. The zero-order valence-corrected chi connectivity index (χ0v) is 16.0. The van der Waals surface area contributed by atoms with Crippen LogP contribution in [0.1, 0.15) is 29.8 Å². The first-order valence-electron chi connectivity index (χ1n) is 8.72. The molecule has 0 aliphatic carbocycles. The maximum absolute atomic E-state index is 12.9. The van der Waals surface area contributed by atoms with Crippen LogP contribution in [0.15, 0.2) is 67.0 Å². The fourth-order valence-electron chi connectivity index (χ4n) is 2.63. The van der Waals surface area contributed by atoms with Crippen LogP contribution < -0.4 is 5.32 Å². The Bertz CT molecular complexity index is 898. The highest BCUT2D eigenvalue weighted by molar-refractivity contribution is 6.30. The van der Waals surface area contributed by atoms with Gasteiger partial charge in [0.1, 0.15) is 0 Å². The smallest absolute Gasteiger partial charge is 0.257 e. The minimum absolute atomic E-state index is 0.0574. The van der Waals surface area contributed by atoms with Crippen LogP contribution in [0.2, 0.25) is 5.02 Å². The molecule has 6 heteroatoms. The summed E-state index contributed by atoms with van der Waals surface area (Å²) >= 11 is 5.98. The fraction of sp³-hybridized carbons (Fsp3) is 0.190. The van der Waals surface area contributed by atoms with Gasteiger partial charge in [0.25, 0.3) is 5.91 Å². The van der Waals surface area contributed by atoms with Crippen LogP contribution in [-0.4, -0.2) is 26.8 Å². The van der Waals surface area contributed by atoms with Crippen molar-refractivity contribution in [3.8, 4) is 0 Å². The molecule has 1 aromatic heterocycles. The first kappa shape index (κ1) is 18.9. The van der Waals surface area contributed by atoms with Gasteiger partial charge >= 0.3 is 0 Å². The Labute approximate surface area is 164 Å². The van der Waals surface area contributed by atoms with Crippen LogP contribution in [0.5, 0.6) is 0 Å². The number of nitrogens with one attached hydrogen (secondary N) is 1. The van der Waals surface area contributed by atoms with Gasteiger partial charge in [-0.15, -0.1) is 0 Å². The van der Waals surface area contributed by atoms with Crippen LogP contribution in [-0.2, 0) is 6.54 Å². The van der Waals surface area contributed by atoms with Gasteiger partial charge in [-0.05, 0) is 37.6 Å². The van der Waals surface area contributed by atoms with Crippen LogP contribution in [0.4, 0.5) is 11.6 Å². The van der Waals surface area contributed by atoms with Crippen LogP contribution in [0.3, 0.4) is 0 Å². The lowest BCUT2D eigenvalue weighted by Crippen LogP contribution is -2.36. The number of nitrogens with zero attached hydrogens (tertiary/aromatic N) is 3. The second kappa shape index (κ2) is 8.64. The molecule has 0 aliphatic heterocycles. The van der Waals surface area contributed by atoms with E-state index in [9.17, 15) is 4.79 Å². The molecule has 0 unspecified atom stereocenters.